The van der Waals surface area contributed by atoms with Gasteiger partial charge in [0.2, 0.25) is 5.91 Å². The molecule has 0 spiro atoms. The molecule has 1 aromatic heterocycles. The van der Waals surface area contributed by atoms with Crippen LogP contribution in [0.3, 0.4) is 0 Å². The molecule has 0 aliphatic carbocycles. The van der Waals surface area contributed by atoms with E-state index >= 15 is 0 Å². The lowest BCUT2D eigenvalue weighted by Crippen LogP contribution is -2.56. The summed E-state index contributed by atoms with van der Waals surface area (Å²) in [6, 6.07) is 1.88. The van der Waals surface area contributed by atoms with Gasteiger partial charge in [-0.25, -0.2) is 0 Å². The maximum absolute atomic E-state index is 13.5. The highest BCUT2D eigenvalue weighted by molar-refractivity contribution is 5.85. The Balaban J connectivity index is 0.00000243. The lowest BCUT2D eigenvalue weighted by Gasteiger charge is -2.40. The Hall–Kier alpha value is -1.60. The zero-order valence-corrected chi connectivity index (χ0v) is 16.5. The Kier molecular flexibility index (Phi) is 7.06. The minimum absolute atomic E-state index is 0. The first kappa shape index (κ1) is 20.7. The van der Waals surface area contributed by atoms with Gasteiger partial charge in [-0.2, -0.15) is 5.10 Å². The number of piperidine rings is 1. The molecule has 1 N–H and O–H groups in total. The van der Waals surface area contributed by atoms with Gasteiger partial charge in [0.1, 0.15) is 5.54 Å². The van der Waals surface area contributed by atoms with Crippen molar-refractivity contribution < 1.29 is 9.59 Å². The van der Waals surface area contributed by atoms with Crippen LogP contribution in [0.4, 0.5) is 0 Å². The molecule has 0 aromatic carbocycles. The molecule has 3 heterocycles. The van der Waals surface area contributed by atoms with E-state index in [0.717, 1.165) is 38.9 Å². The van der Waals surface area contributed by atoms with Crippen molar-refractivity contribution in [1.29, 1.82) is 0 Å². The predicted molar refractivity (Wildman–Crippen MR) is 102 cm³/mol. The second-order valence-electron chi connectivity index (χ2n) is 7.36. The fraction of sp³-hybridized carbons (Fsp3) is 0.722. The van der Waals surface area contributed by atoms with E-state index in [4.69, 9.17) is 0 Å². The molecule has 0 radical (unpaired) electrons. The van der Waals surface area contributed by atoms with Crippen LogP contribution in [0.5, 0.6) is 0 Å². The van der Waals surface area contributed by atoms with Crippen LogP contribution in [0, 0.1) is 5.92 Å². The van der Waals surface area contributed by atoms with Crippen LogP contribution < -0.4 is 5.32 Å². The Labute approximate surface area is 161 Å². The summed E-state index contributed by atoms with van der Waals surface area (Å²) in [5.41, 5.74) is -0.591. The molecule has 2 aliphatic rings. The average molecular weight is 384 g/mol. The molecule has 8 heteroatoms. The highest BCUT2D eigenvalue weighted by Gasteiger charge is 2.44. The third-order valence-corrected chi connectivity index (χ3v) is 5.36. The highest BCUT2D eigenvalue weighted by atomic mass is 35.5. The van der Waals surface area contributed by atoms with Gasteiger partial charge in [-0.05, 0) is 38.4 Å². The predicted octanol–water partition coefficient (Wildman–Crippen LogP) is 1.10. The van der Waals surface area contributed by atoms with E-state index in [1.807, 2.05) is 40.6 Å². The SMILES string of the molecule is CC(C)C(=O)N1CCCN(C(=O)C2(n3cccn3)CCNCC2)CC1.Cl. The first-order valence-electron chi connectivity index (χ1n) is 9.33. The van der Waals surface area contributed by atoms with Gasteiger partial charge in [-0.15, -0.1) is 12.4 Å². The van der Waals surface area contributed by atoms with Crippen LogP contribution in [0.1, 0.15) is 33.1 Å². The van der Waals surface area contributed by atoms with E-state index in [2.05, 4.69) is 10.4 Å². The topological polar surface area (TPSA) is 70.5 Å². The summed E-state index contributed by atoms with van der Waals surface area (Å²) in [5, 5.41) is 7.74. The smallest absolute Gasteiger partial charge is 0.250 e. The molecular weight excluding hydrogens is 354 g/mol. The third-order valence-electron chi connectivity index (χ3n) is 5.36. The van der Waals surface area contributed by atoms with Gasteiger partial charge in [0.05, 0.1) is 0 Å². The van der Waals surface area contributed by atoms with Gasteiger partial charge in [0.15, 0.2) is 0 Å². The number of aromatic nitrogens is 2. The van der Waals surface area contributed by atoms with Crippen LogP contribution in [0.15, 0.2) is 18.5 Å². The van der Waals surface area contributed by atoms with E-state index in [1.54, 1.807) is 6.20 Å². The van der Waals surface area contributed by atoms with E-state index in [9.17, 15) is 9.59 Å². The van der Waals surface area contributed by atoms with E-state index in [0.29, 0.717) is 19.6 Å². The average Bonchev–Trinajstić information content (AvgIpc) is 3.06. The van der Waals surface area contributed by atoms with Crippen molar-refractivity contribution in [3.63, 3.8) is 0 Å². The normalized spacial score (nSPS) is 20.4. The zero-order valence-electron chi connectivity index (χ0n) is 15.7. The molecule has 0 atom stereocenters. The maximum atomic E-state index is 13.5. The molecule has 2 saturated heterocycles. The van der Waals surface area contributed by atoms with Gasteiger partial charge in [0.25, 0.3) is 5.91 Å². The zero-order chi connectivity index (χ0) is 17.9. The molecule has 3 rings (SSSR count). The van der Waals surface area contributed by atoms with Crippen LogP contribution >= 0.6 is 12.4 Å². The van der Waals surface area contributed by atoms with E-state index < -0.39 is 5.54 Å². The van der Waals surface area contributed by atoms with Crippen LogP contribution in [0.25, 0.3) is 0 Å². The number of hydrogen-bond donors (Lipinski definition) is 1. The van der Waals surface area contributed by atoms with Gasteiger partial charge in [-0.3, -0.25) is 14.3 Å². The molecule has 7 nitrogen and oxygen atoms in total. The van der Waals surface area contributed by atoms with Gasteiger partial charge < -0.3 is 15.1 Å². The molecule has 2 fully saturated rings. The van der Waals surface area contributed by atoms with Crippen molar-refractivity contribution in [3.8, 4) is 0 Å². The van der Waals surface area contributed by atoms with Gasteiger partial charge in [0, 0.05) is 44.5 Å². The standard InChI is InChI=1S/C18H29N5O2.ClH/c1-15(2)16(24)21-10-4-11-22(14-13-21)17(25)18(5-8-19-9-6-18)23-12-3-7-20-23;/h3,7,12,15,19H,4-6,8-11,13-14H2,1-2H3;1H. The first-order chi connectivity index (χ1) is 12.0. The van der Waals surface area contributed by atoms with Crippen molar-refractivity contribution in [3.05, 3.63) is 18.5 Å². The minimum Gasteiger partial charge on any atom is -0.341 e. The minimum atomic E-state index is -0.591. The molecule has 26 heavy (non-hydrogen) atoms. The monoisotopic (exact) mass is 383 g/mol. The Morgan fingerprint density at radius 1 is 1.08 bits per heavy atom. The number of hydrogen-bond acceptors (Lipinski definition) is 4. The molecule has 0 unspecified atom stereocenters. The lowest BCUT2D eigenvalue weighted by atomic mass is 9.86. The fourth-order valence-electron chi connectivity index (χ4n) is 3.90. The first-order valence-corrected chi connectivity index (χ1v) is 9.33. The number of rotatable bonds is 3. The summed E-state index contributed by atoms with van der Waals surface area (Å²) >= 11 is 0. The van der Waals surface area contributed by atoms with Crippen molar-refractivity contribution in [2.45, 2.75) is 38.6 Å². The maximum Gasteiger partial charge on any atom is 0.250 e. The number of carbonyl (C=O) groups excluding carboxylic acids is 2. The number of nitrogens with one attached hydrogen (secondary N) is 1. The quantitative estimate of drug-likeness (QED) is 0.848. The number of carbonyl (C=O) groups is 2. The Morgan fingerprint density at radius 2 is 1.73 bits per heavy atom. The van der Waals surface area contributed by atoms with Gasteiger partial charge >= 0.3 is 0 Å². The van der Waals surface area contributed by atoms with Crippen molar-refractivity contribution in [1.82, 2.24) is 24.9 Å². The van der Waals surface area contributed by atoms with E-state index in [-0.39, 0.29) is 30.1 Å². The summed E-state index contributed by atoms with van der Waals surface area (Å²) in [5.74, 6) is 0.330. The van der Waals surface area contributed by atoms with Crippen LogP contribution in [0.2, 0.25) is 0 Å². The largest absolute Gasteiger partial charge is 0.341 e. The summed E-state index contributed by atoms with van der Waals surface area (Å²) in [6.45, 7) is 8.16. The van der Waals surface area contributed by atoms with Crippen LogP contribution in [-0.4, -0.2) is 70.7 Å². The summed E-state index contributed by atoms with van der Waals surface area (Å²) in [4.78, 5) is 29.6. The molecule has 2 amide bonds. The molecule has 2 aliphatic heterocycles. The van der Waals surface area contributed by atoms with Crippen molar-refractivity contribution in [2.24, 2.45) is 5.92 Å². The Bertz CT molecular complexity index is 599. The lowest BCUT2D eigenvalue weighted by molar-refractivity contribution is -0.143. The van der Waals surface area contributed by atoms with Crippen molar-refractivity contribution in [2.75, 3.05) is 39.3 Å². The summed E-state index contributed by atoms with van der Waals surface area (Å²) in [7, 11) is 0. The summed E-state index contributed by atoms with van der Waals surface area (Å²) in [6.07, 6.45) is 5.97. The third kappa shape index (κ3) is 4.04. The number of amides is 2. The fourth-order valence-corrected chi connectivity index (χ4v) is 3.90. The molecule has 0 saturated carbocycles. The molecule has 146 valence electrons. The van der Waals surface area contributed by atoms with Crippen molar-refractivity contribution >= 4 is 24.2 Å². The second-order valence-corrected chi connectivity index (χ2v) is 7.36. The molecule has 0 bridgehead atoms. The molecule has 1 aromatic rings. The Morgan fingerprint density at radius 3 is 2.35 bits per heavy atom. The van der Waals surface area contributed by atoms with Crippen LogP contribution in [-0.2, 0) is 15.1 Å². The second kappa shape index (κ2) is 8.86. The van der Waals surface area contributed by atoms with E-state index in [1.165, 1.54) is 0 Å². The van der Waals surface area contributed by atoms with Gasteiger partial charge in [-0.1, -0.05) is 13.8 Å². The molecular formula is C18H30ClN5O2. The highest BCUT2D eigenvalue weighted by Crippen LogP contribution is 2.30. The number of halogens is 1. The number of nitrogens with zero attached hydrogens (tertiary/aromatic N) is 4. The summed E-state index contributed by atoms with van der Waals surface area (Å²) < 4.78 is 1.85.